The average molecular weight is 454 g/mol. The van der Waals surface area contributed by atoms with Gasteiger partial charge in [-0.05, 0) is 53.4 Å². The molecular weight excluding hydrogens is 426 g/mol. The Labute approximate surface area is 197 Å². The van der Waals surface area contributed by atoms with Gasteiger partial charge in [0.25, 0.3) is 5.91 Å². The zero-order valence-corrected chi connectivity index (χ0v) is 19.1. The van der Waals surface area contributed by atoms with Crippen LogP contribution in [-0.4, -0.2) is 22.2 Å². The molecule has 7 heteroatoms. The Morgan fingerprint density at radius 1 is 0.941 bits per heavy atom. The molecule has 4 aromatic rings. The summed E-state index contributed by atoms with van der Waals surface area (Å²) in [5, 5.41) is 11.7. The monoisotopic (exact) mass is 453 g/mol. The molecule has 34 heavy (non-hydrogen) atoms. The predicted molar refractivity (Wildman–Crippen MR) is 136 cm³/mol. The number of fused-ring (bicyclic) bond motifs is 1. The van der Waals surface area contributed by atoms with E-state index in [-0.39, 0.29) is 11.7 Å². The number of carbonyl (C=O) groups excluding carboxylic acids is 2. The van der Waals surface area contributed by atoms with Gasteiger partial charge in [0, 0.05) is 34.3 Å². The minimum atomic E-state index is -0.493. The van der Waals surface area contributed by atoms with Gasteiger partial charge in [0.1, 0.15) is 11.5 Å². The van der Waals surface area contributed by atoms with Crippen LogP contribution in [-0.2, 0) is 6.54 Å². The van der Waals surface area contributed by atoms with Crippen LogP contribution in [0, 0.1) is 5.41 Å². The number of nitrogens with two attached hydrogens (primary N) is 2. The van der Waals surface area contributed by atoms with Crippen LogP contribution in [0.3, 0.4) is 0 Å². The third-order valence-electron chi connectivity index (χ3n) is 5.84. The molecule has 1 heterocycles. The Morgan fingerprint density at radius 3 is 2.29 bits per heavy atom. The summed E-state index contributed by atoms with van der Waals surface area (Å²) in [6.45, 7) is 4.60. The van der Waals surface area contributed by atoms with E-state index in [0.29, 0.717) is 29.3 Å². The molecule has 0 aliphatic rings. The van der Waals surface area contributed by atoms with Gasteiger partial charge in [0.2, 0.25) is 5.91 Å². The predicted octanol–water partition coefficient (Wildman–Crippen LogP) is 4.45. The Balaban J connectivity index is 1.75. The molecule has 0 aliphatic heterocycles. The summed E-state index contributed by atoms with van der Waals surface area (Å²) in [5.41, 5.74) is 16.1. The minimum Gasteiger partial charge on any atom is -0.384 e. The first-order chi connectivity index (χ1) is 16.2. The van der Waals surface area contributed by atoms with Crippen LogP contribution in [0.2, 0.25) is 0 Å². The lowest BCUT2D eigenvalue weighted by atomic mass is 10.0. The Morgan fingerprint density at radius 2 is 1.65 bits per heavy atom. The maximum Gasteiger partial charge on any atom is 0.272 e. The molecule has 0 fully saturated rings. The zero-order chi connectivity index (χ0) is 24.4. The van der Waals surface area contributed by atoms with Gasteiger partial charge in [-0.2, -0.15) is 0 Å². The first kappa shape index (κ1) is 22.8. The molecule has 0 spiro atoms. The zero-order valence-electron chi connectivity index (χ0n) is 19.1. The number of benzene rings is 3. The van der Waals surface area contributed by atoms with E-state index in [1.807, 2.05) is 59.2 Å². The van der Waals surface area contributed by atoms with E-state index >= 15 is 0 Å². The number of amides is 2. The number of nitrogens with zero attached hydrogens (tertiary/aromatic N) is 1. The van der Waals surface area contributed by atoms with Gasteiger partial charge in [0.15, 0.2) is 0 Å². The number of hydrogen-bond acceptors (Lipinski definition) is 3. The molecule has 0 bridgehead atoms. The van der Waals surface area contributed by atoms with Gasteiger partial charge < -0.3 is 21.4 Å². The fourth-order valence-corrected chi connectivity index (χ4v) is 3.91. The van der Waals surface area contributed by atoms with Gasteiger partial charge in [-0.25, -0.2) is 0 Å². The largest absolute Gasteiger partial charge is 0.384 e. The van der Waals surface area contributed by atoms with Gasteiger partial charge >= 0.3 is 0 Å². The van der Waals surface area contributed by atoms with Crippen LogP contribution in [0.1, 0.15) is 57.3 Å². The van der Waals surface area contributed by atoms with Crippen LogP contribution in [0.4, 0.5) is 5.69 Å². The SMILES string of the molecule is CC(C)c1cccc(NC(=O)c2cc3ccc(C(=N)N)cc3n2Cc2ccc(C(N)=O)cc2)c1. The van der Waals surface area contributed by atoms with Crippen molar-refractivity contribution in [1.29, 1.82) is 5.41 Å². The smallest absolute Gasteiger partial charge is 0.272 e. The lowest BCUT2D eigenvalue weighted by Gasteiger charge is -2.13. The molecule has 3 aromatic carbocycles. The summed E-state index contributed by atoms with van der Waals surface area (Å²) in [6.07, 6.45) is 0. The fraction of sp³-hybridized carbons (Fsp3) is 0.148. The number of primary amides is 1. The number of nitrogens with one attached hydrogen (secondary N) is 2. The van der Waals surface area contributed by atoms with Gasteiger partial charge in [0.05, 0.1) is 0 Å². The van der Waals surface area contributed by atoms with Crippen molar-refractivity contribution in [1.82, 2.24) is 4.57 Å². The average Bonchev–Trinajstić information content (AvgIpc) is 3.17. The topological polar surface area (TPSA) is 127 Å². The summed E-state index contributed by atoms with van der Waals surface area (Å²) in [6, 6.07) is 22.0. The molecule has 0 saturated heterocycles. The second-order valence-corrected chi connectivity index (χ2v) is 8.60. The van der Waals surface area contributed by atoms with Crippen molar-refractivity contribution in [3.8, 4) is 0 Å². The second-order valence-electron chi connectivity index (χ2n) is 8.60. The normalized spacial score (nSPS) is 11.0. The van der Waals surface area contributed by atoms with E-state index in [2.05, 4.69) is 19.2 Å². The Hall–Kier alpha value is -4.39. The second kappa shape index (κ2) is 9.23. The number of rotatable bonds is 7. The Kier molecular flexibility index (Phi) is 6.19. The summed E-state index contributed by atoms with van der Waals surface area (Å²) < 4.78 is 1.89. The summed E-state index contributed by atoms with van der Waals surface area (Å²) in [7, 11) is 0. The van der Waals surface area contributed by atoms with Crippen LogP contribution in [0.15, 0.2) is 72.8 Å². The highest BCUT2D eigenvalue weighted by Crippen LogP contribution is 2.25. The molecule has 1 aromatic heterocycles. The van der Waals surface area contributed by atoms with Crippen molar-refractivity contribution in [2.75, 3.05) is 5.32 Å². The van der Waals surface area contributed by atoms with Gasteiger partial charge in [-0.1, -0.05) is 50.2 Å². The summed E-state index contributed by atoms with van der Waals surface area (Å²) >= 11 is 0. The molecule has 0 unspecified atom stereocenters. The summed E-state index contributed by atoms with van der Waals surface area (Å²) in [4.78, 5) is 24.8. The summed E-state index contributed by atoms with van der Waals surface area (Å²) in [5.74, 6) is -0.434. The van der Waals surface area contributed by atoms with E-state index in [1.165, 1.54) is 0 Å². The van der Waals surface area contributed by atoms with E-state index in [9.17, 15) is 9.59 Å². The number of amidine groups is 1. The maximum atomic E-state index is 13.4. The molecule has 0 aliphatic carbocycles. The van der Waals surface area contributed by atoms with Crippen molar-refractivity contribution in [2.24, 2.45) is 11.5 Å². The minimum absolute atomic E-state index is 0.0445. The van der Waals surface area contributed by atoms with Gasteiger partial charge in [-0.15, -0.1) is 0 Å². The molecule has 0 saturated carbocycles. The Bertz CT molecular complexity index is 1400. The lowest BCUT2D eigenvalue weighted by molar-refractivity contribution is 0.0997. The number of nitrogen functional groups attached to an aromatic ring is 1. The molecule has 0 radical (unpaired) electrons. The number of carbonyl (C=O) groups is 2. The molecule has 6 N–H and O–H groups in total. The third kappa shape index (κ3) is 4.68. The van der Waals surface area contributed by atoms with Crippen molar-refractivity contribution in [2.45, 2.75) is 26.3 Å². The fourth-order valence-electron chi connectivity index (χ4n) is 3.91. The first-order valence-corrected chi connectivity index (χ1v) is 11.0. The number of aromatic nitrogens is 1. The van der Waals surface area contributed by atoms with Crippen LogP contribution in [0.5, 0.6) is 0 Å². The number of hydrogen-bond donors (Lipinski definition) is 4. The quantitative estimate of drug-likeness (QED) is 0.244. The lowest BCUT2D eigenvalue weighted by Crippen LogP contribution is -2.18. The van der Waals surface area contributed by atoms with Crippen molar-refractivity contribution >= 4 is 34.2 Å². The highest BCUT2D eigenvalue weighted by atomic mass is 16.2. The standard InChI is InChI=1S/C27H27N5O2/c1-16(2)19-4-3-5-22(12-19)31-27(34)24-13-20-10-11-21(25(28)29)14-23(20)32(24)15-17-6-8-18(9-7-17)26(30)33/h3-14,16H,15H2,1-2H3,(H3,28,29)(H2,30,33)(H,31,34). The highest BCUT2D eigenvalue weighted by Gasteiger charge is 2.18. The molecule has 0 atom stereocenters. The van der Waals surface area contributed by atoms with Crippen LogP contribution < -0.4 is 16.8 Å². The van der Waals surface area contributed by atoms with E-state index in [0.717, 1.165) is 27.7 Å². The first-order valence-electron chi connectivity index (χ1n) is 11.0. The molecule has 172 valence electrons. The highest BCUT2D eigenvalue weighted by molar-refractivity contribution is 6.07. The van der Waals surface area contributed by atoms with Gasteiger partial charge in [-0.3, -0.25) is 15.0 Å². The molecular formula is C27H27N5O2. The number of anilines is 1. The van der Waals surface area contributed by atoms with Crippen LogP contribution >= 0.6 is 0 Å². The van der Waals surface area contributed by atoms with E-state index < -0.39 is 5.91 Å². The molecule has 7 nitrogen and oxygen atoms in total. The molecule has 2 amide bonds. The van der Waals surface area contributed by atoms with Crippen molar-refractivity contribution in [3.05, 3.63) is 101 Å². The third-order valence-corrected chi connectivity index (χ3v) is 5.84. The van der Waals surface area contributed by atoms with Crippen LogP contribution in [0.25, 0.3) is 10.9 Å². The van der Waals surface area contributed by atoms with Crippen molar-refractivity contribution in [3.63, 3.8) is 0 Å². The van der Waals surface area contributed by atoms with Crippen molar-refractivity contribution < 1.29 is 9.59 Å². The molecule has 4 rings (SSSR count). The maximum absolute atomic E-state index is 13.4. The van der Waals surface area contributed by atoms with E-state index in [4.69, 9.17) is 16.9 Å². The van der Waals surface area contributed by atoms with E-state index in [1.54, 1.807) is 18.2 Å².